The fourth-order valence-electron chi connectivity index (χ4n) is 1.56. The summed E-state index contributed by atoms with van der Waals surface area (Å²) < 4.78 is 27.8. The lowest BCUT2D eigenvalue weighted by molar-refractivity contribution is -0.117. The van der Waals surface area contributed by atoms with Gasteiger partial charge in [-0.15, -0.1) is 0 Å². The smallest absolute Gasteiger partial charge is 0.241 e. The van der Waals surface area contributed by atoms with E-state index in [1.165, 1.54) is 25.3 Å². The number of anilines is 1. The van der Waals surface area contributed by atoms with Gasteiger partial charge in [0.15, 0.2) is 0 Å². The molecule has 0 bridgehead atoms. The van der Waals surface area contributed by atoms with Gasteiger partial charge < -0.3 is 15.8 Å². The van der Waals surface area contributed by atoms with Crippen LogP contribution in [0.1, 0.15) is 6.42 Å². The average Bonchev–Trinajstić information content (AvgIpc) is 2.43. The number of hydrogen-bond acceptors (Lipinski definition) is 6. The maximum Gasteiger partial charge on any atom is 0.241 e. The predicted molar refractivity (Wildman–Crippen MR) is 84.0 cm³/mol. The third-order valence-corrected chi connectivity index (χ3v) is 4.28. The van der Waals surface area contributed by atoms with Gasteiger partial charge in [-0.05, 0) is 36.6 Å². The quantitative estimate of drug-likeness (QED) is 0.662. The van der Waals surface area contributed by atoms with Crippen LogP contribution in [0.15, 0.2) is 23.1 Å². The topological polar surface area (TPSA) is 125 Å². The third kappa shape index (κ3) is 5.20. The van der Waals surface area contributed by atoms with E-state index < -0.39 is 22.0 Å². The number of methoxy groups -OCH3 is 1. The molecule has 0 radical (unpaired) electrons. The molecular weight excluding hydrogens is 314 g/mol. The van der Waals surface area contributed by atoms with Crippen LogP contribution >= 0.6 is 11.8 Å². The highest BCUT2D eigenvalue weighted by Gasteiger charge is 2.17. The first-order chi connectivity index (χ1) is 9.79. The second-order valence-electron chi connectivity index (χ2n) is 4.28. The van der Waals surface area contributed by atoms with Crippen LogP contribution in [0, 0.1) is 0 Å². The number of primary sulfonamides is 1. The molecule has 0 spiro atoms. The molecule has 0 aromatic heterocycles. The summed E-state index contributed by atoms with van der Waals surface area (Å²) in [6.07, 6.45) is 2.44. The second-order valence-corrected chi connectivity index (χ2v) is 6.83. The van der Waals surface area contributed by atoms with Crippen LogP contribution in [0.2, 0.25) is 0 Å². The Bertz CT molecular complexity index is 605. The normalized spacial score (nSPS) is 12.8. The van der Waals surface area contributed by atoms with E-state index in [2.05, 4.69) is 5.32 Å². The van der Waals surface area contributed by atoms with Gasteiger partial charge in [0.2, 0.25) is 15.9 Å². The number of amides is 1. The number of benzene rings is 1. The number of nitrogens with two attached hydrogens (primary N) is 2. The molecule has 1 aromatic rings. The summed E-state index contributed by atoms with van der Waals surface area (Å²) in [6.45, 7) is 0. The summed E-state index contributed by atoms with van der Waals surface area (Å²) >= 11 is 1.59. The molecule has 0 heterocycles. The van der Waals surface area contributed by atoms with Crippen molar-refractivity contribution in [2.24, 2.45) is 10.9 Å². The van der Waals surface area contributed by atoms with E-state index in [0.717, 1.165) is 5.75 Å². The fraction of sp³-hybridized carbons (Fsp3) is 0.417. The molecule has 7 nitrogen and oxygen atoms in total. The van der Waals surface area contributed by atoms with Crippen molar-refractivity contribution in [3.63, 3.8) is 0 Å². The highest BCUT2D eigenvalue weighted by molar-refractivity contribution is 7.98. The Kier molecular flexibility index (Phi) is 6.46. The van der Waals surface area contributed by atoms with Gasteiger partial charge in [0, 0.05) is 0 Å². The van der Waals surface area contributed by atoms with Crippen molar-refractivity contribution in [3.05, 3.63) is 18.2 Å². The number of carbonyl (C=O) groups excluding carboxylic acids is 1. The Hall–Kier alpha value is -1.29. The summed E-state index contributed by atoms with van der Waals surface area (Å²) in [6, 6.07) is 3.29. The summed E-state index contributed by atoms with van der Waals surface area (Å²) in [5.41, 5.74) is 5.97. The molecule has 1 aromatic carbocycles. The molecular formula is C12H19N3O4S2. The Morgan fingerprint density at radius 1 is 1.48 bits per heavy atom. The molecule has 21 heavy (non-hydrogen) atoms. The lowest BCUT2D eigenvalue weighted by Crippen LogP contribution is -2.36. The van der Waals surface area contributed by atoms with Gasteiger partial charge >= 0.3 is 0 Å². The van der Waals surface area contributed by atoms with E-state index >= 15 is 0 Å². The average molecular weight is 333 g/mol. The molecule has 9 heteroatoms. The van der Waals surface area contributed by atoms with Crippen LogP contribution in [-0.2, 0) is 14.8 Å². The fourth-order valence-corrected chi connectivity index (χ4v) is 2.59. The Morgan fingerprint density at radius 2 is 2.14 bits per heavy atom. The lowest BCUT2D eigenvalue weighted by Gasteiger charge is -2.14. The van der Waals surface area contributed by atoms with Crippen LogP contribution < -0.4 is 20.9 Å². The maximum absolute atomic E-state index is 12.0. The van der Waals surface area contributed by atoms with Crippen LogP contribution in [-0.4, -0.2) is 39.5 Å². The van der Waals surface area contributed by atoms with Gasteiger partial charge in [-0.25, -0.2) is 13.6 Å². The molecule has 118 valence electrons. The van der Waals surface area contributed by atoms with Crippen LogP contribution in [0.3, 0.4) is 0 Å². The van der Waals surface area contributed by atoms with Crippen molar-refractivity contribution < 1.29 is 17.9 Å². The molecule has 0 saturated carbocycles. The molecule has 0 unspecified atom stereocenters. The molecule has 0 aliphatic rings. The lowest BCUT2D eigenvalue weighted by atomic mass is 10.2. The van der Waals surface area contributed by atoms with E-state index in [0.29, 0.717) is 12.2 Å². The monoisotopic (exact) mass is 333 g/mol. The number of ether oxygens (including phenoxy) is 1. The van der Waals surface area contributed by atoms with Crippen molar-refractivity contribution >= 4 is 33.4 Å². The molecule has 1 amide bonds. The zero-order valence-electron chi connectivity index (χ0n) is 11.8. The van der Waals surface area contributed by atoms with Crippen LogP contribution in [0.4, 0.5) is 5.69 Å². The molecule has 0 saturated heterocycles. The SMILES string of the molecule is COc1ccc(S(N)(=O)=O)cc1NC(=O)[C@H](N)CCSC. The molecule has 0 aliphatic heterocycles. The number of nitrogens with one attached hydrogen (secondary N) is 1. The molecule has 1 rings (SSSR count). The Morgan fingerprint density at radius 3 is 2.67 bits per heavy atom. The van der Waals surface area contributed by atoms with Gasteiger partial charge in [0.25, 0.3) is 0 Å². The first-order valence-electron chi connectivity index (χ1n) is 6.05. The highest BCUT2D eigenvalue weighted by atomic mass is 32.2. The van der Waals surface area contributed by atoms with Gasteiger partial charge in [-0.3, -0.25) is 4.79 Å². The van der Waals surface area contributed by atoms with Gasteiger partial charge in [-0.2, -0.15) is 11.8 Å². The van der Waals surface area contributed by atoms with Crippen molar-refractivity contribution in [2.75, 3.05) is 24.4 Å². The van der Waals surface area contributed by atoms with Crippen molar-refractivity contribution in [1.82, 2.24) is 0 Å². The van der Waals surface area contributed by atoms with Gasteiger partial charge in [-0.1, -0.05) is 0 Å². The van der Waals surface area contributed by atoms with Crippen molar-refractivity contribution in [3.8, 4) is 5.75 Å². The first kappa shape index (κ1) is 17.8. The zero-order chi connectivity index (χ0) is 16.0. The zero-order valence-corrected chi connectivity index (χ0v) is 13.5. The molecule has 0 fully saturated rings. The van der Waals surface area contributed by atoms with Crippen molar-refractivity contribution in [1.29, 1.82) is 0 Å². The minimum Gasteiger partial charge on any atom is -0.495 e. The Labute approximate surface area is 128 Å². The molecule has 5 N–H and O–H groups in total. The largest absolute Gasteiger partial charge is 0.495 e. The van der Waals surface area contributed by atoms with E-state index in [-0.39, 0.29) is 10.6 Å². The van der Waals surface area contributed by atoms with Crippen molar-refractivity contribution in [2.45, 2.75) is 17.4 Å². The third-order valence-electron chi connectivity index (χ3n) is 2.73. The number of thioether (sulfide) groups is 1. The number of hydrogen-bond donors (Lipinski definition) is 3. The summed E-state index contributed by atoms with van der Waals surface area (Å²) in [7, 11) is -2.45. The molecule has 0 aliphatic carbocycles. The summed E-state index contributed by atoms with van der Waals surface area (Å²) in [4.78, 5) is 11.9. The number of sulfonamides is 1. The van der Waals surface area contributed by atoms with Gasteiger partial charge in [0.1, 0.15) is 5.75 Å². The second kappa shape index (κ2) is 7.64. The Balaban J connectivity index is 2.98. The number of rotatable bonds is 7. The van der Waals surface area contributed by atoms with E-state index in [1.54, 1.807) is 11.8 Å². The van der Waals surface area contributed by atoms with E-state index in [4.69, 9.17) is 15.6 Å². The van der Waals surface area contributed by atoms with E-state index in [9.17, 15) is 13.2 Å². The minimum atomic E-state index is -3.86. The number of carbonyl (C=O) groups is 1. The molecule has 1 atom stereocenters. The van der Waals surface area contributed by atoms with E-state index in [1.807, 2.05) is 6.26 Å². The summed E-state index contributed by atoms with van der Waals surface area (Å²) in [5.74, 6) is 0.671. The summed E-state index contributed by atoms with van der Waals surface area (Å²) in [5, 5.41) is 7.63. The maximum atomic E-state index is 12.0. The van der Waals surface area contributed by atoms with Crippen LogP contribution in [0.5, 0.6) is 5.75 Å². The predicted octanol–water partition coefficient (Wildman–Crippen LogP) is 0.362. The first-order valence-corrected chi connectivity index (χ1v) is 9.00. The van der Waals surface area contributed by atoms with Crippen LogP contribution in [0.25, 0.3) is 0 Å². The van der Waals surface area contributed by atoms with Gasteiger partial charge in [0.05, 0.1) is 23.7 Å². The minimum absolute atomic E-state index is 0.115. The highest BCUT2D eigenvalue weighted by Crippen LogP contribution is 2.27. The standard InChI is InChI=1S/C12H19N3O4S2/c1-19-11-4-3-8(21(14,17)18)7-10(11)15-12(16)9(13)5-6-20-2/h3-4,7,9H,5-6,13H2,1-2H3,(H,15,16)(H2,14,17,18)/t9-/m1/s1.